The van der Waals surface area contributed by atoms with Crippen LogP contribution in [0.5, 0.6) is 0 Å². The number of aromatic nitrogens is 3. The summed E-state index contributed by atoms with van der Waals surface area (Å²) >= 11 is 1.30. The number of aliphatic hydroxyl groups excluding tert-OH is 1. The predicted molar refractivity (Wildman–Crippen MR) is 71.6 cm³/mol. The lowest BCUT2D eigenvalue weighted by Gasteiger charge is -2.00. The second-order valence-corrected chi connectivity index (χ2v) is 4.59. The molecular weight excluding hydrogens is 264 g/mol. The van der Waals surface area contributed by atoms with Crippen molar-refractivity contribution in [3.8, 4) is 11.8 Å². The zero-order valence-electron chi connectivity index (χ0n) is 10.0. The Hall–Kier alpha value is -2.17. The van der Waals surface area contributed by atoms with Crippen LogP contribution in [-0.2, 0) is 11.3 Å². The van der Waals surface area contributed by atoms with Gasteiger partial charge in [0.15, 0.2) is 5.13 Å². The van der Waals surface area contributed by atoms with Crippen LogP contribution in [-0.4, -0.2) is 32.4 Å². The minimum Gasteiger partial charge on any atom is -0.395 e. The number of amides is 1. The maximum absolute atomic E-state index is 11.7. The van der Waals surface area contributed by atoms with Crippen LogP contribution in [0.15, 0.2) is 24.7 Å². The Morgan fingerprint density at radius 1 is 1.58 bits per heavy atom. The van der Waals surface area contributed by atoms with E-state index in [1.165, 1.54) is 16.0 Å². The summed E-state index contributed by atoms with van der Waals surface area (Å²) in [7, 11) is 0. The monoisotopic (exact) mass is 276 g/mol. The Balaban J connectivity index is 1.89. The van der Waals surface area contributed by atoms with E-state index in [1.807, 2.05) is 0 Å². The Morgan fingerprint density at radius 2 is 2.47 bits per heavy atom. The van der Waals surface area contributed by atoms with Gasteiger partial charge in [-0.2, -0.15) is 5.10 Å². The molecule has 0 unspecified atom stereocenters. The van der Waals surface area contributed by atoms with E-state index in [2.05, 4.69) is 27.2 Å². The van der Waals surface area contributed by atoms with Crippen LogP contribution in [0, 0.1) is 11.8 Å². The van der Waals surface area contributed by atoms with E-state index >= 15 is 0 Å². The molecule has 0 saturated heterocycles. The summed E-state index contributed by atoms with van der Waals surface area (Å²) in [5.74, 6) is 5.47. The van der Waals surface area contributed by atoms with Gasteiger partial charge in [0.1, 0.15) is 6.54 Å². The summed E-state index contributed by atoms with van der Waals surface area (Å²) in [4.78, 5) is 16.5. The summed E-state index contributed by atoms with van der Waals surface area (Å²) in [5, 5.41) is 15.7. The first kappa shape index (κ1) is 13.3. The third-order valence-corrected chi connectivity index (χ3v) is 2.89. The summed E-state index contributed by atoms with van der Waals surface area (Å²) < 4.78 is 1.53. The minimum atomic E-state index is -0.187. The van der Waals surface area contributed by atoms with Gasteiger partial charge in [0.05, 0.1) is 17.7 Å². The smallest absolute Gasteiger partial charge is 0.247 e. The summed E-state index contributed by atoms with van der Waals surface area (Å²) in [6, 6.07) is 1.76. The fourth-order valence-electron chi connectivity index (χ4n) is 1.30. The maximum atomic E-state index is 11.7. The second kappa shape index (κ2) is 6.68. The lowest BCUT2D eigenvalue weighted by molar-refractivity contribution is -0.116. The van der Waals surface area contributed by atoms with Crippen molar-refractivity contribution in [3.63, 3.8) is 0 Å². The van der Waals surface area contributed by atoms with Gasteiger partial charge in [-0.3, -0.25) is 9.48 Å². The van der Waals surface area contributed by atoms with Crippen molar-refractivity contribution >= 4 is 22.4 Å². The molecule has 2 aromatic rings. The van der Waals surface area contributed by atoms with Gasteiger partial charge < -0.3 is 10.4 Å². The van der Waals surface area contributed by atoms with Crippen LogP contribution in [0.25, 0.3) is 0 Å². The molecule has 2 heterocycles. The Morgan fingerprint density at radius 3 is 3.21 bits per heavy atom. The summed E-state index contributed by atoms with van der Waals surface area (Å²) in [6.07, 6.45) is 5.36. The molecule has 0 bridgehead atoms. The van der Waals surface area contributed by atoms with E-state index in [-0.39, 0.29) is 19.1 Å². The highest BCUT2D eigenvalue weighted by Gasteiger charge is 2.06. The molecular formula is C12H12N4O2S. The zero-order valence-corrected chi connectivity index (χ0v) is 10.9. The molecule has 2 aromatic heterocycles. The van der Waals surface area contributed by atoms with E-state index in [9.17, 15) is 4.79 Å². The van der Waals surface area contributed by atoms with Gasteiger partial charge in [0, 0.05) is 18.8 Å². The number of nitrogens with zero attached hydrogens (tertiary/aromatic N) is 3. The number of carbonyl (C=O) groups is 1. The van der Waals surface area contributed by atoms with Gasteiger partial charge in [-0.1, -0.05) is 23.2 Å². The molecule has 2 rings (SSSR count). The van der Waals surface area contributed by atoms with Crippen LogP contribution < -0.4 is 5.32 Å². The van der Waals surface area contributed by atoms with Crippen molar-refractivity contribution in [3.05, 3.63) is 29.5 Å². The van der Waals surface area contributed by atoms with Crippen LogP contribution in [0.3, 0.4) is 0 Å². The SMILES string of the molecule is O=C(Cn1cccn1)Nc1ncc(C#CCCO)s1. The van der Waals surface area contributed by atoms with E-state index < -0.39 is 0 Å². The number of nitrogens with one attached hydrogen (secondary N) is 1. The van der Waals surface area contributed by atoms with Crippen molar-refractivity contribution in [1.29, 1.82) is 0 Å². The first-order valence-electron chi connectivity index (χ1n) is 5.61. The molecule has 0 spiro atoms. The number of carbonyl (C=O) groups excluding carboxylic acids is 1. The minimum absolute atomic E-state index is 0.0409. The second-order valence-electron chi connectivity index (χ2n) is 3.56. The average Bonchev–Trinajstić information content (AvgIpc) is 3.02. The summed E-state index contributed by atoms with van der Waals surface area (Å²) in [6.45, 7) is 0.192. The number of anilines is 1. The van der Waals surface area contributed by atoms with E-state index in [1.54, 1.807) is 24.7 Å². The number of hydrogen-bond donors (Lipinski definition) is 2. The van der Waals surface area contributed by atoms with Crippen LogP contribution in [0.1, 0.15) is 11.3 Å². The van der Waals surface area contributed by atoms with Gasteiger partial charge in [-0.25, -0.2) is 4.98 Å². The van der Waals surface area contributed by atoms with Crippen LogP contribution in [0.4, 0.5) is 5.13 Å². The molecule has 0 aliphatic rings. The molecule has 7 heteroatoms. The highest BCUT2D eigenvalue weighted by molar-refractivity contribution is 7.16. The lowest BCUT2D eigenvalue weighted by atomic mass is 10.4. The summed E-state index contributed by atoms with van der Waals surface area (Å²) in [5.41, 5.74) is 0. The highest BCUT2D eigenvalue weighted by Crippen LogP contribution is 2.16. The molecule has 19 heavy (non-hydrogen) atoms. The zero-order chi connectivity index (χ0) is 13.5. The quantitative estimate of drug-likeness (QED) is 0.806. The average molecular weight is 276 g/mol. The topological polar surface area (TPSA) is 80.0 Å². The third kappa shape index (κ3) is 4.21. The van der Waals surface area contributed by atoms with Crippen LogP contribution in [0.2, 0.25) is 0 Å². The normalized spacial score (nSPS) is 9.74. The standard InChI is InChI=1S/C12H12N4O2S/c17-7-2-1-4-10-8-13-12(19-10)15-11(18)9-16-6-3-5-14-16/h3,5-6,8,17H,2,7,9H2,(H,13,15,18). The fraction of sp³-hybridized carbons (Fsp3) is 0.250. The Kier molecular flexibility index (Phi) is 4.66. The highest BCUT2D eigenvalue weighted by atomic mass is 32.1. The van der Waals surface area contributed by atoms with Gasteiger partial charge in [0.2, 0.25) is 5.91 Å². The van der Waals surface area contributed by atoms with Crippen LogP contribution >= 0.6 is 11.3 Å². The first-order valence-corrected chi connectivity index (χ1v) is 6.42. The van der Waals surface area contributed by atoms with Crippen molar-refractivity contribution in [1.82, 2.24) is 14.8 Å². The molecule has 1 amide bonds. The van der Waals surface area contributed by atoms with Gasteiger partial charge >= 0.3 is 0 Å². The maximum Gasteiger partial charge on any atom is 0.247 e. The molecule has 0 aliphatic heterocycles. The number of aliphatic hydroxyl groups is 1. The van der Waals surface area contributed by atoms with Gasteiger partial charge in [-0.05, 0) is 6.07 Å². The van der Waals surface area contributed by atoms with Crippen molar-refractivity contribution < 1.29 is 9.90 Å². The van der Waals surface area contributed by atoms with Crippen molar-refractivity contribution in [2.45, 2.75) is 13.0 Å². The number of thiazole rings is 1. The number of rotatable bonds is 4. The Labute approximate surface area is 114 Å². The molecule has 0 aliphatic carbocycles. The molecule has 0 atom stereocenters. The number of hydrogen-bond acceptors (Lipinski definition) is 5. The molecule has 0 aromatic carbocycles. The first-order chi connectivity index (χ1) is 9.28. The molecule has 6 nitrogen and oxygen atoms in total. The largest absolute Gasteiger partial charge is 0.395 e. The van der Waals surface area contributed by atoms with Crippen molar-refractivity contribution in [2.75, 3.05) is 11.9 Å². The van der Waals surface area contributed by atoms with Gasteiger partial charge in [-0.15, -0.1) is 0 Å². The van der Waals surface area contributed by atoms with Crippen molar-refractivity contribution in [2.24, 2.45) is 0 Å². The van der Waals surface area contributed by atoms with Gasteiger partial charge in [0.25, 0.3) is 0 Å². The molecule has 0 fully saturated rings. The molecule has 98 valence electrons. The third-order valence-electron chi connectivity index (χ3n) is 2.07. The predicted octanol–water partition coefficient (Wildman–Crippen LogP) is 0.712. The lowest BCUT2D eigenvalue weighted by Crippen LogP contribution is -2.18. The van der Waals surface area contributed by atoms with E-state index in [0.29, 0.717) is 11.6 Å². The fourth-order valence-corrected chi connectivity index (χ4v) is 2.00. The molecule has 0 radical (unpaired) electrons. The van der Waals surface area contributed by atoms with E-state index in [4.69, 9.17) is 5.11 Å². The van der Waals surface area contributed by atoms with E-state index in [0.717, 1.165) is 4.88 Å². The molecule has 0 saturated carbocycles. The molecule has 2 N–H and O–H groups in total. The Bertz CT molecular complexity index is 595.